The molecule has 0 rings (SSSR count). The Hall–Kier alpha value is -0.180. The van der Waals surface area contributed by atoms with Crippen LogP contribution in [0, 0.1) is 0 Å². The molecule has 1 amide bonds. The minimum atomic E-state index is 0.167. The van der Waals surface area contributed by atoms with Crippen molar-refractivity contribution in [2.75, 3.05) is 19.3 Å². The number of carbonyl (C=O) groups excluding carboxylic acids is 1. The standard InChI is InChI=1S/C6H13NOS/c1-4-7(3)6(8)9-5-2/h4-5H2,1-3H3. The molecule has 0 N–H and O–H groups in total. The molecule has 9 heavy (non-hydrogen) atoms. The summed E-state index contributed by atoms with van der Waals surface area (Å²) in [5.74, 6) is 0.864. The van der Waals surface area contributed by atoms with Crippen molar-refractivity contribution in [2.24, 2.45) is 0 Å². The van der Waals surface area contributed by atoms with Gasteiger partial charge in [-0.05, 0) is 12.7 Å². The molecule has 3 heteroatoms. The van der Waals surface area contributed by atoms with Crippen LogP contribution in [0.25, 0.3) is 0 Å². The van der Waals surface area contributed by atoms with Crippen LogP contribution in [0.3, 0.4) is 0 Å². The summed E-state index contributed by atoms with van der Waals surface area (Å²) in [4.78, 5) is 12.6. The molecule has 0 aliphatic heterocycles. The van der Waals surface area contributed by atoms with Gasteiger partial charge in [0.05, 0.1) is 0 Å². The van der Waals surface area contributed by atoms with Crippen molar-refractivity contribution in [3.63, 3.8) is 0 Å². The number of amides is 1. The van der Waals surface area contributed by atoms with E-state index in [4.69, 9.17) is 0 Å². The maximum absolute atomic E-state index is 10.9. The van der Waals surface area contributed by atoms with Crippen LogP contribution in [0.1, 0.15) is 13.8 Å². The number of carbonyl (C=O) groups is 1. The molecule has 0 fully saturated rings. The molecule has 0 unspecified atom stereocenters. The predicted octanol–water partition coefficient (Wildman–Crippen LogP) is 1.81. The fraction of sp³-hybridized carbons (Fsp3) is 0.833. The summed E-state index contributed by atoms with van der Waals surface area (Å²) < 4.78 is 0. The Kier molecular flexibility index (Phi) is 4.58. The van der Waals surface area contributed by atoms with Gasteiger partial charge < -0.3 is 4.90 Å². The molecule has 0 aromatic rings. The van der Waals surface area contributed by atoms with E-state index in [1.165, 1.54) is 11.8 Å². The third kappa shape index (κ3) is 3.40. The highest BCUT2D eigenvalue weighted by molar-refractivity contribution is 8.13. The Labute approximate surface area is 60.6 Å². The van der Waals surface area contributed by atoms with E-state index in [2.05, 4.69) is 0 Å². The van der Waals surface area contributed by atoms with Crippen molar-refractivity contribution >= 4 is 17.0 Å². The van der Waals surface area contributed by atoms with Gasteiger partial charge in [-0.2, -0.15) is 0 Å². The van der Waals surface area contributed by atoms with Gasteiger partial charge >= 0.3 is 0 Å². The lowest BCUT2D eigenvalue weighted by Crippen LogP contribution is -2.21. The molecule has 0 radical (unpaired) electrons. The van der Waals surface area contributed by atoms with E-state index in [-0.39, 0.29) is 5.24 Å². The second-order valence-corrected chi connectivity index (χ2v) is 2.93. The zero-order valence-electron chi connectivity index (χ0n) is 6.18. The van der Waals surface area contributed by atoms with Crippen molar-refractivity contribution < 1.29 is 4.79 Å². The Balaban J connectivity index is 3.46. The van der Waals surface area contributed by atoms with Crippen LogP contribution in [0.4, 0.5) is 4.79 Å². The highest BCUT2D eigenvalue weighted by Gasteiger charge is 2.03. The minimum Gasteiger partial charge on any atom is -0.337 e. The van der Waals surface area contributed by atoms with Crippen LogP contribution in [-0.2, 0) is 0 Å². The van der Waals surface area contributed by atoms with Crippen molar-refractivity contribution in [1.82, 2.24) is 4.90 Å². The fourth-order valence-electron chi connectivity index (χ4n) is 0.363. The van der Waals surface area contributed by atoms with Crippen molar-refractivity contribution in [3.05, 3.63) is 0 Å². The summed E-state index contributed by atoms with van der Waals surface area (Å²) in [7, 11) is 1.81. The molecule has 0 aliphatic rings. The number of rotatable bonds is 2. The molecule has 2 nitrogen and oxygen atoms in total. The third-order valence-corrected chi connectivity index (χ3v) is 1.90. The first-order valence-corrected chi connectivity index (χ1v) is 4.08. The van der Waals surface area contributed by atoms with Gasteiger partial charge in [0.15, 0.2) is 0 Å². The van der Waals surface area contributed by atoms with E-state index in [0.717, 1.165) is 12.3 Å². The normalized spacial score (nSPS) is 9.22. The van der Waals surface area contributed by atoms with Gasteiger partial charge in [0.1, 0.15) is 0 Å². The molecule has 0 aliphatic carbocycles. The van der Waals surface area contributed by atoms with Crippen molar-refractivity contribution in [3.8, 4) is 0 Å². The summed E-state index contributed by atoms with van der Waals surface area (Å²) in [5, 5.41) is 0.167. The second-order valence-electron chi connectivity index (χ2n) is 1.71. The van der Waals surface area contributed by atoms with Crippen LogP contribution < -0.4 is 0 Å². The quantitative estimate of drug-likeness (QED) is 0.593. The summed E-state index contributed by atoms with van der Waals surface area (Å²) in [5.41, 5.74) is 0. The Morgan fingerprint density at radius 2 is 2.11 bits per heavy atom. The number of nitrogens with zero attached hydrogens (tertiary/aromatic N) is 1. The molecule has 0 saturated heterocycles. The molecule has 0 saturated carbocycles. The molecule has 54 valence electrons. The lowest BCUT2D eigenvalue weighted by atomic mass is 10.7. The summed E-state index contributed by atoms with van der Waals surface area (Å²) in [6.07, 6.45) is 0. The van der Waals surface area contributed by atoms with Gasteiger partial charge in [-0.15, -0.1) is 0 Å². The minimum absolute atomic E-state index is 0.167. The SMILES string of the molecule is CCSC(=O)N(C)CC. The van der Waals surface area contributed by atoms with Crippen molar-refractivity contribution in [2.45, 2.75) is 13.8 Å². The van der Waals surface area contributed by atoms with Gasteiger partial charge in [-0.25, -0.2) is 0 Å². The second kappa shape index (κ2) is 4.68. The summed E-state index contributed by atoms with van der Waals surface area (Å²) in [6, 6.07) is 0. The largest absolute Gasteiger partial charge is 0.337 e. The molecule has 0 heterocycles. The number of thioether (sulfide) groups is 1. The maximum atomic E-state index is 10.9. The van der Waals surface area contributed by atoms with E-state index in [9.17, 15) is 4.79 Å². The van der Waals surface area contributed by atoms with Gasteiger partial charge in [-0.3, -0.25) is 4.79 Å². The monoisotopic (exact) mass is 147 g/mol. The first-order chi connectivity index (χ1) is 4.22. The molecule has 0 aromatic carbocycles. The topological polar surface area (TPSA) is 20.3 Å². The van der Waals surface area contributed by atoms with Crippen LogP contribution in [0.5, 0.6) is 0 Å². The van der Waals surface area contributed by atoms with E-state index < -0.39 is 0 Å². The van der Waals surface area contributed by atoms with Crippen LogP contribution in [-0.4, -0.2) is 29.5 Å². The Morgan fingerprint density at radius 1 is 1.56 bits per heavy atom. The Morgan fingerprint density at radius 3 is 2.44 bits per heavy atom. The van der Waals surface area contributed by atoms with E-state index in [1.54, 1.807) is 4.90 Å². The van der Waals surface area contributed by atoms with Gasteiger partial charge in [-0.1, -0.05) is 18.7 Å². The highest BCUT2D eigenvalue weighted by atomic mass is 32.2. The number of hydrogen-bond donors (Lipinski definition) is 0. The van der Waals surface area contributed by atoms with E-state index in [0.29, 0.717) is 0 Å². The first-order valence-electron chi connectivity index (χ1n) is 3.10. The van der Waals surface area contributed by atoms with E-state index in [1.807, 2.05) is 20.9 Å². The van der Waals surface area contributed by atoms with Crippen molar-refractivity contribution in [1.29, 1.82) is 0 Å². The molecular weight excluding hydrogens is 134 g/mol. The molecule has 0 aromatic heterocycles. The maximum Gasteiger partial charge on any atom is 0.281 e. The van der Waals surface area contributed by atoms with Gasteiger partial charge in [0.25, 0.3) is 5.24 Å². The highest BCUT2D eigenvalue weighted by Crippen LogP contribution is 2.04. The molecule has 0 atom stereocenters. The molecular formula is C6H13NOS. The number of hydrogen-bond acceptors (Lipinski definition) is 2. The average Bonchev–Trinajstić information content (AvgIpc) is 1.87. The third-order valence-electron chi connectivity index (χ3n) is 1.05. The summed E-state index contributed by atoms with van der Waals surface area (Å²) >= 11 is 1.35. The van der Waals surface area contributed by atoms with E-state index >= 15 is 0 Å². The Bertz CT molecular complexity index is 95.1. The van der Waals surface area contributed by atoms with Crippen LogP contribution in [0.15, 0.2) is 0 Å². The zero-order chi connectivity index (χ0) is 7.28. The fourth-order valence-corrected chi connectivity index (χ4v) is 0.959. The van der Waals surface area contributed by atoms with Gasteiger partial charge in [0.2, 0.25) is 0 Å². The average molecular weight is 147 g/mol. The predicted molar refractivity (Wildman–Crippen MR) is 41.8 cm³/mol. The first kappa shape index (κ1) is 8.82. The van der Waals surface area contributed by atoms with Crippen LogP contribution >= 0.6 is 11.8 Å². The van der Waals surface area contributed by atoms with Crippen LogP contribution in [0.2, 0.25) is 0 Å². The molecule has 0 spiro atoms. The molecule has 0 bridgehead atoms. The summed E-state index contributed by atoms with van der Waals surface area (Å²) in [6.45, 7) is 4.74. The van der Waals surface area contributed by atoms with Gasteiger partial charge in [0, 0.05) is 13.6 Å². The lowest BCUT2D eigenvalue weighted by molar-refractivity contribution is 0.235. The lowest BCUT2D eigenvalue weighted by Gasteiger charge is -2.11. The zero-order valence-corrected chi connectivity index (χ0v) is 6.99. The smallest absolute Gasteiger partial charge is 0.281 e.